The van der Waals surface area contributed by atoms with E-state index in [-0.39, 0.29) is 28.9 Å². The molecule has 7 nitrogen and oxygen atoms in total. The maximum Gasteiger partial charge on any atom is 0.372 e. The van der Waals surface area contributed by atoms with Gasteiger partial charge in [0.05, 0.1) is 13.2 Å². The van der Waals surface area contributed by atoms with Crippen molar-refractivity contribution in [2.24, 2.45) is 0 Å². The molecule has 0 saturated heterocycles. The number of fused-ring (bicyclic) bond motifs is 1. The zero-order chi connectivity index (χ0) is 27.3. The van der Waals surface area contributed by atoms with E-state index in [1.807, 2.05) is 84.6 Å². The van der Waals surface area contributed by atoms with Crippen molar-refractivity contribution in [1.29, 1.82) is 0 Å². The fraction of sp³-hybridized carbons (Fsp3) is 0.483. The zero-order valence-corrected chi connectivity index (χ0v) is 25.5. The molecule has 37 heavy (non-hydrogen) atoms. The van der Waals surface area contributed by atoms with E-state index in [4.69, 9.17) is 9.47 Å². The van der Waals surface area contributed by atoms with Crippen molar-refractivity contribution in [3.63, 3.8) is 0 Å². The van der Waals surface area contributed by atoms with Crippen LogP contribution >= 0.6 is 0 Å². The first-order chi connectivity index (χ1) is 17.4. The summed E-state index contributed by atoms with van der Waals surface area (Å²) in [6.45, 7) is 20.8. The van der Waals surface area contributed by atoms with Crippen LogP contribution in [0.25, 0.3) is 5.52 Å². The molecule has 0 fully saturated rings. The van der Waals surface area contributed by atoms with Crippen LogP contribution in [0.3, 0.4) is 0 Å². The highest BCUT2D eigenvalue weighted by molar-refractivity contribution is 5.89. The molecule has 0 N–H and O–H groups in total. The van der Waals surface area contributed by atoms with Crippen molar-refractivity contribution in [2.45, 2.75) is 61.9 Å². The lowest BCUT2D eigenvalue weighted by Gasteiger charge is -2.13. The van der Waals surface area contributed by atoms with Crippen LogP contribution in [0, 0.1) is 6.92 Å². The fourth-order valence-electron chi connectivity index (χ4n) is 3.18. The highest BCUT2D eigenvalue weighted by Crippen LogP contribution is 2.10. The van der Waals surface area contributed by atoms with E-state index in [1.54, 1.807) is 19.9 Å². The predicted molar refractivity (Wildman–Crippen MR) is 146 cm³/mol. The minimum atomic E-state index is -0.279. The van der Waals surface area contributed by atoms with Gasteiger partial charge in [0.2, 0.25) is 6.54 Å². The molecule has 0 amide bonds. The smallest absolute Gasteiger partial charge is 0.372 e. The lowest BCUT2D eigenvalue weighted by molar-refractivity contribution is -0.691. The number of aryl methyl sites for hydroxylation is 1. The summed E-state index contributed by atoms with van der Waals surface area (Å²) in [5.41, 5.74) is 2.62. The number of esters is 2. The summed E-state index contributed by atoms with van der Waals surface area (Å²) in [6, 6.07) is 15.2. The number of pyridine rings is 2. The Morgan fingerprint density at radius 3 is 1.95 bits per heavy atom. The average molecular weight is 581 g/mol. The molecular weight excluding hydrogens is 534 g/mol. The number of carbonyl (C=O) groups excluding carboxylic acids is 2. The van der Waals surface area contributed by atoms with Crippen molar-refractivity contribution in [1.82, 2.24) is 9.30 Å². The number of hydrogen-bond donors (Lipinski definition) is 0. The minimum Gasteiger partial charge on any atom is -1.00 e. The second kappa shape index (κ2) is 22.5. The van der Waals surface area contributed by atoms with Gasteiger partial charge in [-0.1, -0.05) is 46.8 Å². The molecule has 0 bridgehead atoms. The Morgan fingerprint density at radius 2 is 1.43 bits per heavy atom. The maximum atomic E-state index is 11.5. The van der Waals surface area contributed by atoms with Gasteiger partial charge in [0, 0.05) is 30.8 Å². The van der Waals surface area contributed by atoms with Crippen molar-refractivity contribution in [3.05, 3.63) is 72.3 Å². The summed E-state index contributed by atoms with van der Waals surface area (Å²) in [4.78, 5) is 25.0. The van der Waals surface area contributed by atoms with Gasteiger partial charge < -0.3 is 35.8 Å². The Bertz CT molecular complexity index is 998. The van der Waals surface area contributed by atoms with Gasteiger partial charge >= 0.3 is 11.9 Å². The van der Waals surface area contributed by atoms with Crippen LogP contribution in [-0.2, 0) is 20.8 Å². The molecule has 0 spiro atoms. The summed E-state index contributed by atoms with van der Waals surface area (Å²) >= 11 is 0. The summed E-state index contributed by atoms with van der Waals surface area (Å²) in [5, 5.41) is 0. The first-order valence-corrected chi connectivity index (χ1v) is 13.0. The van der Waals surface area contributed by atoms with Crippen LogP contribution in [0.2, 0.25) is 0 Å². The van der Waals surface area contributed by atoms with Crippen LogP contribution in [-0.4, -0.2) is 54.1 Å². The van der Waals surface area contributed by atoms with E-state index in [0.29, 0.717) is 25.5 Å². The van der Waals surface area contributed by atoms with Gasteiger partial charge in [0.25, 0.3) is 0 Å². The van der Waals surface area contributed by atoms with Gasteiger partial charge in [-0.15, -0.1) is 0 Å². The number of carbonyl (C=O) groups is 2. The van der Waals surface area contributed by atoms with Gasteiger partial charge in [0.15, 0.2) is 11.9 Å². The number of aromatic nitrogens is 2. The van der Waals surface area contributed by atoms with Crippen LogP contribution in [0.5, 0.6) is 0 Å². The molecule has 8 heteroatoms. The summed E-state index contributed by atoms with van der Waals surface area (Å²) in [6.07, 6.45) is 3.72. The molecule has 3 rings (SSSR count). The second-order valence-electron chi connectivity index (χ2n) is 7.33. The highest BCUT2D eigenvalue weighted by Gasteiger charge is 2.12. The van der Waals surface area contributed by atoms with Crippen molar-refractivity contribution in [3.8, 4) is 0 Å². The van der Waals surface area contributed by atoms with Gasteiger partial charge in [0.1, 0.15) is 5.69 Å². The zero-order valence-electron chi connectivity index (χ0n) is 23.9. The normalized spacial score (nSPS) is 9.43. The predicted octanol–water partition coefficient (Wildman–Crippen LogP) is 2.34. The summed E-state index contributed by atoms with van der Waals surface area (Å²) in [5.74, 6) is -0.472. The molecule has 0 atom stereocenters. The van der Waals surface area contributed by atoms with E-state index in [1.165, 1.54) is 19.6 Å². The van der Waals surface area contributed by atoms with Gasteiger partial charge in [-0.2, -0.15) is 4.57 Å². The number of halogens is 1. The Labute approximate surface area is 234 Å². The standard InChI is InChI=1S/C11H11NO2.C10H14NO2.C6H15N.C2H6.BrH/c1-2-14-11(13)10-7-6-9-5-3-4-8-12(9)10;1-3-13-10(12)8-11-7-5-4-6-9(11)2;1-4-7(5-2)6-3;1-2;/h3-8H,2H2,1H3;4-7H,3,8H2,1-2H3;4-6H2,1-3H3;1-2H3;1H/q;+1;;;/p-1. The molecule has 3 aromatic rings. The Morgan fingerprint density at radius 1 is 0.838 bits per heavy atom. The molecule has 0 unspecified atom stereocenters. The third-order valence-electron chi connectivity index (χ3n) is 5.16. The third-order valence-corrected chi connectivity index (χ3v) is 5.16. The van der Waals surface area contributed by atoms with E-state index in [0.717, 1.165) is 11.2 Å². The van der Waals surface area contributed by atoms with E-state index in [9.17, 15) is 9.59 Å². The van der Waals surface area contributed by atoms with Crippen molar-refractivity contribution >= 4 is 17.5 Å². The molecule has 0 aliphatic rings. The van der Waals surface area contributed by atoms with Crippen LogP contribution < -0.4 is 21.5 Å². The fourth-order valence-corrected chi connectivity index (χ4v) is 3.18. The lowest BCUT2D eigenvalue weighted by Crippen LogP contribution is -3.00. The molecule has 0 radical (unpaired) electrons. The molecule has 0 aliphatic carbocycles. The first-order valence-electron chi connectivity index (χ1n) is 13.0. The Balaban J connectivity index is 0. The molecule has 208 valence electrons. The number of nitrogens with zero attached hydrogens (tertiary/aromatic N) is 3. The van der Waals surface area contributed by atoms with Crippen LogP contribution in [0.4, 0.5) is 0 Å². The first kappa shape index (κ1) is 36.4. The topological polar surface area (TPSA) is 64.1 Å². The van der Waals surface area contributed by atoms with Crippen LogP contribution in [0.1, 0.15) is 64.6 Å². The van der Waals surface area contributed by atoms with Gasteiger partial charge in [-0.25, -0.2) is 9.59 Å². The molecule has 0 aliphatic heterocycles. The van der Waals surface area contributed by atoms with Crippen molar-refractivity contribution in [2.75, 3.05) is 32.8 Å². The molecular formula is C29H46BrN3O4. The number of rotatable bonds is 8. The molecule has 3 aromatic heterocycles. The van der Waals surface area contributed by atoms with Gasteiger partial charge in [-0.3, -0.25) is 0 Å². The molecule has 0 aromatic carbocycles. The molecule has 3 heterocycles. The Hall–Kier alpha value is -2.71. The lowest BCUT2D eigenvalue weighted by atomic mass is 10.3. The average Bonchev–Trinajstić information content (AvgIpc) is 3.33. The largest absolute Gasteiger partial charge is 1.00 e. The third kappa shape index (κ3) is 14.0. The number of ether oxygens (including phenoxy) is 2. The number of hydrogen-bond acceptors (Lipinski definition) is 5. The second-order valence-corrected chi connectivity index (χ2v) is 7.33. The minimum absolute atomic E-state index is 0. The van der Waals surface area contributed by atoms with Crippen molar-refractivity contribution < 1.29 is 40.6 Å². The SMILES string of the molecule is CC.CCN(CC)CC.CCOC(=O)C[n+]1ccccc1C.CCOC(=O)c1ccc2ccccn12.[Br-]. The van der Waals surface area contributed by atoms with Crippen LogP contribution in [0.15, 0.2) is 60.9 Å². The Kier molecular flexibility index (Phi) is 22.1. The quantitative estimate of drug-likeness (QED) is 0.303. The van der Waals surface area contributed by atoms with E-state index < -0.39 is 0 Å². The highest BCUT2D eigenvalue weighted by atomic mass is 79.9. The van der Waals surface area contributed by atoms with Gasteiger partial charge in [-0.05, 0) is 57.7 Å². The summed E-state index contributed by atoms with van der Waals surface area (Å²) in [7, 11) is 0. The summed E-state index contributed by atoms with van der Waals surface area (Å²) < 4.78 is 13.5. The van der Waals surface area contributed by atoms with E-state index >= 15 is 0 Å². The monoisotopic (exact) mass is 579 g/mol. The van der Waals surface area contributed by atoms with E-state index in [2.05, 4.69) is 25.7 Å². The molecule has 0 saturated carbocycles. The maximum absolute atomic E-state index is 11.5.